The number of amides is 1. The average molecular weight is 261 g/mol. The first kappa shape index (κ1) is 13.0. The van der Waals surface area contributed by atoms with Crippen molar-refractivity contribution in [2.75, 3.05) is 5.32 Å². The SMILES string of the molecule is NCc1ccc(NC(=O)c2ccc(=O)[nH]c2)c(F)c1. The van der Waals surface area contributed by atoms with Gasteiger partial charge in [0.1, 0.15) is 5.82 Å². The van der Waals surface area contributed by atoms with Crippen LogP contribution in [0.25, 0.3) is 0 Å². The summed E-state index contributed by atoms with van der Waals surface area (Å²) < 4.78 is 13.6. The van der Waals surface area contributed by atoms with E-state index in [-0.39, 0.29) is 23.4 Å². The van der Waals surface area contributed by atoms with Crippen LogP contribution in [0.5, 0.6) is 0 Å². The van der Waals surface area contributed by atoms with Crippen LogP contribution in [0, 0.1) is 5.82 Å². The molecule has 5 nitrogen and oxygen atoms in total. The van der Waals surface area contributed by atoms with E-state index in [4.69, 9.17) is 5.73 Å². The van der Waals surface area contributed by atoms with Gasteiger partial charge in [-0.1, -0.05) is 6.07 Å². The lowest BCUT2D eigenvalue weighted by Crippen LogP contribution is -2.15. The summed E-state index contributed by atoms with van der Waals surface area (Å²) in [5, 5.41) is 2.42. The Balaban J connectivity index is 2.19. The van der Waals surface area contributed by atoms with Gasteiger partial charge in [-0.15, -0.1) is 0 Å². The van der Waals surface area contributed by atoms with Crippen molar-refractivity contribution in [3.8, 4) is 0 Å². The summed E-state index contributed by atoms with van der Waals surface area (Å²) in [6.45, 7) is 0.227. The van der Waals surface area contributed by atoms with Crippen molar-refractivity contribution in [3.05, 3.63) is 63.8 Å². The number of aromatic amines is 1. The molecule has 19 heavy (non-hydrogen) atoms. The first-order chi connectivity index (χ1) is 9.10. The van der Waals surface area contributed by atoms with Crippen molar-refractivity contribution in [3.63, 3.8) is 0 Å². The zero-order valence-electron chi connectivity index (χ0n) is 9.94. The maximum Gasteiger partial charge on any atom is 0.257 e. The highest BCUT2D eigenvalue weighted by atomic mass is 19.1. The number of benzene rings is 1. The molecule has 0 spiro atoms. The number of hydrogen-bond acceptors (Lipinski definition) is 3. The maximum atomic E-state index is 13.6. The number of carbonyl (C=O) groups is 1. The maximum absolute atomic E-state index is 13.6. The fourth-order valence-corrected chi connectivity index (χ4v) is 1.53. The number of halogens is 1. The fourth-order valence-electron chi connectivity index (χ4n) is 1.53. The standard InChI is InChI=1S/C13H12FN3O2/c14-10-5-8(6-15)1-3-11(10)17-13(19)9-2-4-12(18)16-7-9/h1-5,7H,6,15H2,(H,16,18)(H,17,19). The van der Waals surface area contributed by atoms with Crippen LogP contribution in [-0.4, -0.2) is 10.9 Å². The third kappa shape index (κ3) is 3.05. The first-order valence-electron chi connectivity index (χ1n) is 5.59. The zero-order valence-corrected chi connectivity index (χ0v) is 9.94. The number of nitrogens with one attached hydrogen (secondary N) is 2. The Morgan fingerprint density at radius 2 is 2.11 bits per heavy atom. The van der Waals surface area contributed by atoms with E-state index in [2.05, 4.69) is 10.3 Å². The molecule has 98 valence electrons. The number of rotatable bonds is 3. The highest BCUT2D eigenvalue weighted by Crippen LogP contribution is 2.16. The largest absolute Gasteiger partial charge is 0.328 e. The Bertz CT molecular complexity index is 647. The minimum atomic E-state index is -0.555. The molecule has 2 aromatic rings. The Hall–Kier alpha value is -2.47. The van der Waals surface area contributed by atoms with Gasteiger partial charge in [0.2, 0.25) is 5.56 Å². The molecule has 1 aromatic heterocycles. The molecule has 2 rings (SSSR count). The summed E-state index contributed by atoms with van der Waals surface area (Å²) >= 11 is 0. The van der Waals surface area contributed by atoms with E-state index in [1.165, 1.54) is 30.5 Å². The summed E-state index contributed by atoms with van der Waals surface area (Å²) in [6, 6.07) is 6.93. The van der Waals surface area contributed by atoms with Gasteiger partial charge < -0.3 is 16.0 Å². The second-order valence-corrected chi connectivity index (χ2v) is 3.91. The lowest BCUT2D eigenvalue weighted by molar-refractivity contribution is 0.102. The smallest absolute Gasteiger partial charge is 0.257 e. The molecule has 0 fully saturated rings. The molecule has 1 amide bonds. The summed E-state index contributed by atoms with van der Waals surface area (Å²) in [5.41, 5.74) is 6.02. The van der Waals surface area contributed by atoms with E-state index in [1.54, 1.807) is 6.07 Å². The lowest BCUT2D eigenvalue weighted by Gasteiger charge is -2.07. The van der Waals surface area contributed by atoms with Gasteiger partial charge in [0.15, 0.2) is 0 Å². The monoisotopic (exact) mass is 261 g/mol. The normalized spacial score (nSPS) is 10.2. The Morgan fingerprint density at radius 3 is 2.68 bits per heavy atom. The van der Waals surface area contributed by atoms with Crippen molar-refractivity contribution in [2.24, 2.45) is 5.73 Å². The molecule has 0 saturated carbocycles. The molecule has 0 radical (unpaired) electrons. The van der Waals surface area contributed by atoms with E-state index < -0.39 is 11.7 Å². The molecular formula is C13H12FN3O2. The van der Waals surface area contributed by atoms with E-state index in [0.29, 0.717) is 5.56 Å². The third-order valence-electron chi connectivity index (χ3n) is 2.56. The van der Waals surface area contributed by atoms with Gasteiger partial charge in [-0.05, 0) is 23.8 Å². The number of hydrogen-bond donors (Lipinski definition) is 3. The van der Waals surface area contributed by atoms with E-state index in [0.717, 1.165) is 0 Å². The number of H-pyrrole nitrogens is 1. The van der Waals surface area contributed by atoms with Crippen molar-refractivity contribution >= 4 is 11.6 Å². The average Bonchev–Trinajstić information content (AvgIpc) is 2.41. The van der Waals surface area contributed by atoms with Crippen molar-refractivity contribution < 1.29 is 9.18 Å². The number of aromatic nitrogens is 1. The fraction of sp³-hybridized carbons (Fsp3) is 0.0769. The highest BCUT2D eigenvalue weighted by molar-refractivity contribution is 6.04. The van der Waals surface area contributed by atoms with E-state index in [1.807, 2.05) is 0 Å². The van der Waals surface area contributed by atoms with Crippen LogP contribution in [0.4, 0.5) is 10.1 Å². The highest BCUT2D eigenvalue weighted by Gasteiger charge is 2.09. The van der Waals surface area contributed by atoms with Crippen LogP contribution in [0.3, 0.4) is 0 Å². The van der Waals surface area contributed by atoms with Crippen molar-refractivity contribution in [1.82, 2.24) is 4.98 Å². The van der Waals surface area contributed by atoms with E-state index >= 15 is 0 Å². The quantitative estimate of drug-likeness (QED) is 0.776. The van der Waals surface area contributed by atoms with Crippen molar-refractivity contribution in [2.45, 2.75) is 6.54 Å². The van der Waals surface area contributed by atoms with Crippen LogP contribution < -0.4 is 16.6 Å². The molecule has 0 unspecified atom stereocenters. The van der Waals surface area contributed by atoms with Gasteiger partial charge in [-0.3, -0.25) is 9.59 Å². The Kier molecular flexibility index (Phi) is 3.72. The minimum absolute atomic E-state index is 0.0633. The summed E-state index contributed by atoms with van der Waals surface area (Å²) in [4.78, 5) is 25.0. The zero-order chi connectivity index (χ0) is 13.8. The second kappa shape index (κ2) is 5.45. The number of carbonyl (C=O) groups excluding carboxylic acids is 1. The van der Waals surface area contributed by atoms with Gasteiger partial charge in [0.25, 0.3) is 5.91 Å². The molecule has 0 saturated heterocycles. The Labute approximate surface area is 108 Å². The molecule has 4 N–H and O–H groups in total. The predicted octanol–water partition coefficient (Wildman–Crippen LogP) is 1.22. The predicted molar refractivity (Wildman–Crippen MR) is 69.3 cm³/mol. The van der Waals surface area contributed by atoms with Crippen LogP contribution in [0.1, 0.15) is 15.9 Å². The minimum Gasteiger partial charge on any atom is -0.328 e. The summed E-state index contributed by atoms with van der Waals surface area (Å²) in [7, 11) is 0. The second-order valence-electron chi connectivity index (χ2n) is 3.91. The van der Waals surface area contributed by atoms with Crippen LogP contribution in [0.15, 0.2) is 41.3 Å². The van der Waals surface area contributed by atoms with Gasteiger partial charge >= 0.3 is 0 Å². The Morgan fingerprint density at radius 1 is 1.32 bits per heavy atom. The molecule has 1 heterocycles. The molecule has 0 aliphatic heterocycles. The van der Waals surface area contributed by atoms with Crippen LogP contribution in [0.2, 0.25) is 0 Å². The summed E-state index contributed by atoms with van der Waals surface area (Å²) in [5.74, 6) is -1.06. The van der Waals surface area contributed by atoms with Gasteiger partial charge in [0, 0.05) is 18.8 Å². The molecule has 6 heteroatoms. The first-order valence-corrected chi connectivity index (χ1v) is 5.59. The van der Waals surface area contributed by atoms with E-state index in [9.17, 15) is 14.0 Å². The van der Waals surface area contributed by atoms with Gasteiger partial charge in [0.05, 0.1) is 11.3 Å². The number of nitrogens with two attached hydrogens (primary N) is 1. The van der Waals surface area contributed by atoms with Crippen LogP contribution >= 0.6 is 0 Å². The third-order valence-corrected chi connectivity index (χ3v) is 2.56. The molecule has 0 bridgehead atoms. The molecule has 0 aliphatic carbocycles. The van der Waals surface area contributed by atoms with Gasteiger partial charge in [-0.25, -0.2) is 4.39 Å². The number of pyridine rings is 1. The van der Waals surface area contributed by atoms with Crippen molar-refractivity contribution in [1.29, 1.82) is 0 Å². The topological polar surface area (TPSA) is 88.0 Å². The molecule has 0 atom stereocenters. The van der Waals surface area contributed by atoms with Gasteiger partial charge in [-0.2, -0.15) is 0 Å². The molecule has 1 aromatic carbocycles. The summed E-state index contributed by atoms with van der Waals surface area (Å²) in [6.07, 6.45) is 1.27. The van der Waals surface area contributed by atoms with Crippen LogP contribution in [-0.2, 0) is 6.54 Å². The molecular weight excluding hydrogens is 249 g/mol. The lowest BCUT2D eigenvalue weighted by atomic mass is 10.2. The molecule has 0 aliphatic rings. The number of anilines is 1.